The van der Waals surface area contributed by atoms with Gasteiger partial charge in [0.05, 0.1) is 0 Å². The van der Waals surface area contributed by atoms with Gasteiger partial charge in [0.2, 0.25) is 0 Å². The molecular formula is C27H29N3. The van der Waals surface area contributed by atoms with Crippen molar-refractivity contribution in [2.45, 2.75) is 27.2 Å². The van der Waals surface area contributed by atoms with Gasteiger partial charge in [-0.15, -0.1) is 0 Å². The second kappa shape index (κ2) is 8.91. The lowest BCUT2D eigenvalue weighted by atomic mass is 10.1. The van der Waals surface area contributed by atoms with Gasteiger partial charge >= 0.3 is 0 Å². The van der Waals surface area contributed by atoms with Crippen LogP contribution in [0.25, 0.3) is 21.8 Å². The van der Waals surface area contributed by atoms with Crippen LogP contribution in [0.4, 0.5) is 5.69 Å². The first-order valence-corrected chi connectivity index (χ1v) is 10.5. The third-order valence-electron chi connectivity index (χ3n) is 5.61. The van der Waals surface area contributed by atoms with E-state index in [1.54, 1.807) is 0 Å². The highest BCUT2D eigenvalue weighted by Crippen LogP contribution is 2.24. The van der Waals surface area contributed by atoms with Crippen LogP contribution in [0.15, 0.2) is 79.1 Å². The lowest BCUT2D eigenvalue weighted by molar-refractivity contribution is 1.09. The summed E-state index contributed by atoms with van der Waals surface area (Å²) in [7, 11) is 0. The van der Waals surface area contributed by atoms with Crippen LogP contribution in [0.2, 0.25) is 0 Å². The molecule has 0 radical (unpaired) electrons. The fourth-order valence-electron chi connectivity index (χ4n) is 3.91. The highest BCUT2D eigenvalue weighted by Gasteiger charge is 2.09. The van der Waals surface area contributed by atoms with Crippen molar-refractivity contribution in [3.05, 3.63) is 101 Å². The van der Waals surface area contributed by atoms with Crippen LogP contribution in [0.1, 0.15) is 22.3 Å². The van der Waals surface area contributed by atoms with Crippen molar-refractivity contribution < 1.29 is 0 Å². The monoisotopic (exact) mass is 395 g/mol. The molecule has 0 saturated heterocycles. The Bertz CT molecular complexity index is 1260. The number of hydrogen-bond acceptors (Lipinski definition) is 1. The molecule has 3 N–H and O–H groups in total. The number of aryl methyl sites for hydroxylation is 3. The quantitative estimate of drug-likeness (QED) is 0.262. The molecule has 1 aliphatic heterocycles. The number of rotatable bonds is 0. The van der Waals surface area contributed by atoms with Crippen molar-refractivity contribution in [2.75, 3.05) is 11.9 Å². The third kappa shape index (κ3) is 4.41. The highest BCUT2D eigenvalue weighted by atomic mass is 14.9. The zero-order valence-corrected chi connectivity index (χ0v) is 17.9. The maximum atomic E-state index is 3.34. The molecule has 1 aliphatic rings. The number of H-pyrrole nitrogens is 2. The number of para-hydroxylation sites is 1. The summed E-state index contributed by atoms with van der Waals surface area (Å²) in [5.41, 5.74) is 9.32. The fraction of sp³-hybridized carbons (Fsp3) is 0.185. The van der Waals surface area contributed by atoms with Gasteiger partial charge in [0.1, 0.15) is 0 Å². The summed E-state index contributed by atoms with van der Waals surface area (Å²) in [5.74, 6) is 0. The molecule has 0 fully saturated rings. The number of aromatic nitrogens is 2. The van der Waals surface area contributed by atoms with Crippen molar-refractivity contribution >= 4 is 27.5 Å². The van der Waals surface area contributed by atoms with Gasteiger partial charge in [-0.2, -0.15) is 0 Å². The molecule has 152 valence electrons. The van der Waals surface area contributed by atoms with E-state index < -0.39 is 0 Å². The second-order valence-corrected chi connectivity index (χ2v) is 7.86. The van der Waals surface area contributed by atoms with E-state index in [1.807, 2.05) is 18.5 Å². The molecule has 2 aromatic heterocycles. The first-order valence-electron chi connectivity index (χ1n) is 10.5. The minimum absolute atomic E-state index is 1.11. The second-order valence-electron chi connectivity index (χ2n) is 7.86. The number of benzene rings is 3. The summed E-state index contributed by atoms with van der Waals surface area (Å²) < 4.78 is 0. The SMILES string of the molecule is Cc1c[nH]c2ccccc12.Cc1ccc2[nH]ccc2c1.Cc1cccc2c1CCN2. The molecule has 0 amide bonds. The van der Waals surface area contributed by atoms with Crippen molar-refractivity contribution in [3.8, 4) is 0 Å². The lowest BCUT2D eigenvalue weighted by Crippen LogP contribution is -1.90. The summed E-state index contributed by atoms with van der Waals surface area (Å²) in [4.78, 5) is 6.33. The van der Waals surface area contributed by atoms with E-state index in [4.69, 9.17) is 0 Å². The minimum Gasteiger partial charge on any atom is -0.384 e. The van der Waals surface area contributed by atoms with Crippen LogP contribution in [0.3, 0.4) is 0 Å². The van der Waals surface area contributed by atoms with E-state index in [9.17, 15) is 0 Å². The zero-order chi connectivity index (χ0) is 20.9. The van der Waals surface area contributed by atoms with E-state index in [-0.39, 0.29) is 0 Å². The normalized spacial score (nSPS) is 11.8. The fourth-order valence-corrected chi connectivity index (χ4v) is 3.91. The molecule has 5 aromatic rings. The number of hydrogen-bond donors (Lipinski definition) is 3. The van der Waals surface area contributed by atoms with Gasteiger partial charge < -0.3 is 15.3 Å². The molecule has 0 saturated carbocycles. The van der Waals surface area contributed by atoms with Crippen LogP contribution < -0.4 is 5.32 Å². The van der Waals surface area contributed by atoms with Crippen LogP contribution in [0.5, 0.6) is 0 Å². The molecule has 30 heavy (non-hydrogen) atoms. The molecule has 0 spiro atoms. The smallest absolute Gasteiger partial charge is 0.0456 e. The Morgan fingerprint density at radius 1 is 0.733 bits per heavy atom. The molecule has 0 atom stereocenters. The minimum atomic E-state index is 1.11. The van der Waals surface area contributed by atoms with Crippen LogP contribution in [0, 0.1) is 20.8 Å². The average molecular weight is 396 g/mol. The first kappa shape index (κ1) is 19.8. The highest BCUT2D eigenvalue weighted by molar-refractivity contribution is 5.82. The molecule has 3 nitrogen and oxygen atoms in total. The Morgan fingerprint density at radius 3 is 2.43 bits per heavy atom. The molecule has 0 bridgehead atoms. The zero-order valence-electron chi connectivity index (χ0n) is 17.9. The van der Waals surface area contributed by atoms with Crippen molar-refractivity contribution in [1.29, 1.82) is 0 Å². The molecular weight excluding hydrogens is 366 g/mol. The van der Waals surface area contributed by atoms with E-state index in [2.05, 4.69) is 96.7 Å². The predicted octanol–water partition coefficient (Wildman–Crippen LogP) is 6.92. The van der Waals surface area contributed by atoms with Crippen LogP contribution in [-0.4, -0.2) is 16.5 Å². The maximum Gasteiger partial charge on any atom is 0.0456 e. The van der Waals surface area contributed by atoms with E-state index >= 15 is 0 Å². The average Bonchev–Trinajstić information content (AvgIpc) is 3.49. The van der Waals surface area contributed by atoms with Gasteiger partial charge in [0, 0.05) is 41.0 Å². The van der Waals surface area contributed by atoms with Gasteiger partial charge in [-0.25, -0.2) is 0 Å². The third-order valence-corrected chi connectivity index (χ3v) is 5.61. The van der Waals surface area contributed by atoms with E-state index in [1.165, 1.54) is 56.2 Å². The Morgan fingerprint density at radius 2 is 1.60 bits per heavy atom. The van der Waals surface area contributed by atoms with Crippen molar-refractivity contribution in [2.24, 2.45) is 0 Å². The lowest BCUT2D eigenvalue weighted by Gasteiger charge is -2.00. The molecule has 0 aliphatic carbocycles. The Hall–Kier alpha value is -3.46. The molecule has 0 unspecified atom stereocenters. The van der Waals surface area contributed by atoms with Crippen LogP contribution in [-0.2, 0) is 6.42 Å². The Labute approximate surface area is 178 Å². The summed E-state index contributed by atoms with van der Waals surface area (Å²) >= 11 is 0. The van der Waals surface area contributed by atoms with Crippen LogP contribution >= 0.6 is 0 Å². The van der Waals surface area contributed by atoms with Crippen molar-refractivity contribution in [1.82, 2.24) is 9.97 Å². The Balaban J connectivity index is 0.000000109. The molecule has 3 aromatic carbocycles. The summed E-state index contributed by atoms with van der Waals surface area (Å²) in [6.07, 6.45) is 5.19. The number of fused-ring (bicyclic) bond motifs is 3. The maximum absolute atomic E-state index is 3.34. The topological polar surface area (TPSA) is 43.6 Å². The number of anilines is 1. The van der Waals surface area contributed by atoms with Gasteiger partial charge in [0.15, 0.2) is 0 Å². The standard InChI is InChI=1S/C9H9N.C9H11N.C9H9N/c1-7-2-3-9-8(6-7)4-5-10-9;1-7-3-2-4-9-8(7)5-6-10-9;1-7-6-10-9-5-3-2-4-8(7)9/h2-6,10H,1H3;2-4,10H,5-6H2,1H3;2-6,10H,1H3. The predicted molar refractivity (Wildman–Crippen MR) is 129 cm³/mol. The molecule has 3 heterocycles. The summed E-state index contributed by atoms with van der Waals surface area (Å²) in [6, 6.07) is 23.2. The van der Waals surface area contributed by atoms with Gasteiger partial charge in [-0.05, 0) is 79.6 Å². The summed E-state index contributed by atoms with van der Waals surface area (Å²) in [5, 5.41) is 5.95. The number of aromatic amines is 2. The van der Waals surface area contributed by atoms with Crippen molar-refractivity contribution in [3.63, 3.8) is 0 Å². The summed E-state index contributed by atoms with van der Waals surface area (Å²) in [6.45, 7) is 7.50. The van der Waals surface area contributed by atoms with Gasteiger partial charge in [-0.1, -0.05) is 42.0 Å². The molecule has 3 heteroatoms. The van der Waals surface area contributed by atoms with Gasteiger partial charge in [-0.3, -0.25) is 0 Å². The largest absolute Gasteiger partial charge is 0.384 e. The first-order chi connectivity index (χ1) is 14.6. The Kier molecular flexibility index (Phi) is 5.89. The van der Waals surface area contributed by atoms with E-state index in [0.717, 1.165) is 6.54 Å². The molecule has 6 rings (SSSR count). The number of nitrogens with one attached hydrogen (secondary N) is 3. The van der Waals surface area contributed by atoms with E-state index in [0.29, 0.717) is 0 Å². The van der Waals surface area contributed by atoms with Gasteiger partial charge in [0.25, 0.3) is 0 Å².